The van der Waals surface area contributed by atoms with Gasteiger partial charge in [0.05, 0.1) is 6.33 Å². The van der Waals surface area contributed by atoms with Crippen LogP contribution in [0.15, 0.2) is 49.1 Å². The molecule has 1 heterocycles. The third-order valence-electron chi connectivity index (χ3n) is 3.12. The van der Waals surface area contributed by atoms with Gasteiger partial charge in [0.2, 0.25) is 0 Å². The van der Waals surface area contributed by atoms with Crippen molar-refractivity contribution in [2.75, 3.05) is 6.54 Å². The predicted octanol–water partition coefficient (Wildman–Crippen LogP) is 1.76. The third kappa shape index (κ3) is 4.20. The van der Waals surface area contributed by atoms with Gasteiger partial charge in [-0.15, -0.1) is 0 Å². The summed E-state index contributed by atoms with van der Waals surface area (Å²) in [4.78, 5) is 6.97. The molecule has 1 aromatic carbocycles. The maximum atomic E-state index is 12.8. The van der Waals surface area contributed by atoms with Gasteiger partial charge in [0.15, 0.2) is 0 Å². The number of imidazole rings is 1. The molecule has 0 amide bonds. The minimum absolute atomic E-state index is 0.163. The van der Waals surface area contributed by atoms with E-state index in [-0.39, 0.29) is 11.9 Å². The first-order valence-electron chi connectivity index (χ1n) is 6.55. The van der Waals surface area contributed by atoms with Gasteiger partial charge in [-0.25, -0.2) is 9.37 Å². The summed E-state index contributed by atoms with van der Waals surface area (Å²) < 4.78 is 12.8. The first kappa shape index (κ1) is 14.3. The van der Waals surface area contributed by atoms with E-state index in [4.69, 9.17) is 5.73 Å². The molecule has 4 N–H and O–H groups in total. The second-order valence-corrected chi connectivity index (χ2v) is 4.72. The van der Waals surface area contributed by atoms with E-state index >= 15 is 0 Å². The minimum Gasteiger partial charge on any atom is -0.387 e. The Bertz CT molecular complexity index is 534. The normalized spacial score (nSPS) is 12.1. The number of nitrogens with two attached hydrogens (primary N) is 1. The quantitative estimate of drug-likeness (QED) is 0.721. The highest BCUT2D eigenvalue weighted by atomic mass is 19.1. The average molecular weight is 274 g/mol. The molecule has 0 saturated carbocycles. The molecule has 0 fully saturated rings. The van der Waals surface area contributed by atoms with Gasteiger partial charge >= 0.3 is 0 Å². The van der Waals surface area contributed by atoms with E-state index in [0.717, 1.165) is 29.9 Å². The monoisotopic (exact) mass is 274 g/mol. The number of hydrogen-bond donors (Lipinski definition) is 3. The molecule has 0 aliphatic rings. The highest BCUT2D eigenvalue weighted by Gasteiger charge is 2.08. The molecule has 0 aliphatic carbocycles. The van der Waals surface area contributed by atoms with E-state index in [1.165, 1.54) is 12.1 Å². The van der Waals surface area contributed by atoms with Crippen LogP contribution in [0.25, 0.3) is 0 Å². The molecule has 106 valence electrons. The smallest absolute Gasteiger partial charge is 0.123 e. The lowest BCUT2D eigenvalue weighted by molar-refractivity contribution is 0.626. The largest absolute Gasteiger partial charge is 0.387 e. The molecule has 0 bridgehead atoms. The van der Waals surface area contributed by atoms with Gasteiger partial charge in [-0.05, 0) is 24.1 Å². The van der Waals surface area contributed by atoms with Crippen LogP contribution in [0.5, 0.6) is 0 Å². The van der Waals surface area contributed by atoms with Gasteiger partial charge in [0, 0.05) is 36.6 Å². The second-order valence-electron chi connectivity index (χ2n) is 4.72. The molecule has 5 heteroatoms. The van der Waals surface area contributed by atoms with Crippen molar-refractivity contribution >= 4 is 0 Å². The van der Waals surface area contributed by atoms with Crippen LogP contribution in [0.4, 0.5) is 4.39 Å². The van der Waals surface area contributed by atoms with Crippen molar-refractivity contribution < 1.29 is 4.39 Å². The summed E-state index contributed by atoms with van der Waals surface area (Å²) >= 11 is 0. The number of rotatable bonds is 7. The molecule has 0 saturated heterocycles. The van der Waals surface area contributed by atoms with E-state index in [9.17, 15) is 4.39 Å². The zero-order chi connectivity index (χ0) is 14.4. The number of aromatic amines is 1. The van der Waals surface area contributed by atoms with Crippen LogP contribution in [0.3, 0.4) is 0 Å². The highest BCUT2D eigenvalue weighted by molar-refractivity contribution is 5.17. The molecule has 1 aromatic heterocycles. The van der Waals surface area contributed by atoms with Gasteiger partial charge in [0.25, 0.3) is 0 Å². The molecule has 0 spiro atoms. The Balaban J connectivity index is 1.73. The van der Waals surface area contributed by atoms with E-state index in [2.05, 4.69) is 21.9 Å². The Hall–Kier alpha value is -2.14. The number of benzene rings is 1. The Morgan fingerprint density at radius 3 is 2.80 bits per heavy atom. The van der Waals surface area contributed by atoms with Crippen LogP contribution in [0, 0.1) is 5.82 Å². The molecule has 2 rings (SSSR count). The number of hydrogen-bond acceptors (Lipinski definition) is 3. The van der Waals surface area contributed by atoms with Crippen molar-refractivity contribution in [3.63, 3.8) is 0 Å². The Kier molecular flexibility index (Phi) is 4.90. The predicted molar refractivity (Wildman–Crippen MR) is 77.5 cm³/mol. The van der Waals surface area contributed by atoms with E-state index in [1.807, 2.05) is 0 Å². The van der Waals surface area contributed by atoms with Crippen LogP contribution < -0.4 is 11.1 Å². The molecule has 20 heavy (non-hydrogen) atoms. The Labute approximate surface area is 117 Å². The van der Waals surface area contributed by atoms with Crippen molar-refractivity contribution in [3.8, 4) is 0 Å². The summed E-state index contributed by atoms with van der Waals surface area (Å²) in [6.45, 7) is 4.67. The van der Waals surface area contributed by atoms with Gasteiger partial charge in [-0.3, -0.25) is 0 Å². The van der Waals surface area contributed by atoms with Gasteiger partial charge in [0.1, 0.15) is 5.82 Å². The van der Waals surface area contributed by atoms with E-state index in [1.54, 1.807) is 24.7 Å². The fraction of sp³-hybridized carbons (Fsp3) is 0.267. The van der Waals surface area contributed by atoms with Crippen LogP contribution in [-0.2, 0) is 12.8 Å². The van der Waals surface area contributed by atoms with Crippen molar-refractivity contribution in [2.45, 2.75) is 18.9 Å². The lowest BCUT2D eigenvalue weighted by Crippen LogP contribution is -2.33. The first-order chi connectivity index (χ1) is 9.65. The summed E-state index contributed by atoms with van der Waals surface area (Å²) in [7, 11) is 0. The standard InChI is InChI=1S/C15H19FN4/c1-11(15(17)8-14-9-18-10-20-14)19-7-6-12-2-4-13(16)5-3-12/h2-5,9-10,15,19H,1,6-8,17H2,(H,18,20). The lowest BCUT2D eigenvalue weighted by atomic mass is 10.1. The topological polar surface area (TPSA) is 66.7 Å². The summed E-state index contributed by atoms with van der Waals surface area (Å²) in [6.07, 6.45) is 4.86. The molecule has 4 nitrogen and oxygen atoms in total. The molecule has 0 aliphatic heterocycles. The number of nitrogens with one attached hydrogen (secondary N) is 2. The summed E-state index contributed by atoms with van der Waals surface area (Å²) in [5, 5.41) is 3.21. The number of H-pyrrole nitrogens is 1. The van der Waals surface area contributed by atoms with Gasteiger partial charge in [-0.1, -0.05) is 18.7 Å². The summed E-state index contributed by atoms with van der Waals surface area (Å²) in [6, 6.07) is 6.33. The van der Waals surface area contributed by atoms with Gasteiger partial charge in [-0.2, -0.15) is 0 Å². The number of halogens is 1. The molecular weight excluding hydrogens is 255 g/mol. The third-order valence-corrected chi connectivity index (χ3v) is 3.12. The molecule has 1 atom stereocenters. The summed E-state index contributed by atoms with van der Waals surface area (Å²) in [5.41, 5.74) is 8.90. The fourth-order valence-electron chi connectivity index (χ4n) is 1.91. The van der Waals surface area contributed by atoms with Crippen molar-refractivity contribution in [3.05, 3.63) is 66.1 Å². The molecule has 0 radical (unpaired) electrons. The second kappa shape index (κ2) is 6.86. The average Bonchev–Trinajstić information content (AvgIpc) is 2.93. The highest BCUT2D eigenvalue weighted by Crippen LogP contribution is 2.05. The maximum Gasteiger partial charge on any atom is 0.123 e. The number of nitrogens with zero attached hydrogens (tertiary/aromatic N) is 1. The molecule has 1 unspecified atom stereocenters. The summed E-state index contributed by atoms with van der Waals surface area (Å²) in [5.74, 6) is -0.215. The maximum absolute atomic E-state index is 12.8. The molecule has 2 aromatic rings. The minimum atomic E-state index is -0.215. The van der Waals surface area contributed by atoms with Crippen LogP contribution in [0.1, 0.15) is 11.3 Å². The van der Waals surface area contributed by atoms with E-state index < -0.39 is 0 Å². The van der Waals surface area contributed by atoms with Crippen LogP contribution >= 0.6 is 0 Å². The molecular formula is C15H19FN4. The lowest BCUT2D eigenvalue weighted by Gasteiger charge is -2.16. The van der Waals surface area contributed by atoms with E-state index in [0.29, 0.717) is 6.42 Å². The van der Waals surface area contributed by atoms with Crippen LogP contribution in [0.2, 0.25) is 0 Å². The number of aromatic nitrogens is 2. The fourth-order valence-corrected chi connectivity index (χ4v) is 1.91. The van der Waals surface area contributed by atoms with Crippen molar-refractivity contribution in [1.82, 2.24) is 15.3 Å². The first-order valence-corrected chi connectivity index (χ1v) is 6.55. The zero-order valence-electron chi connectivity index (χ0n) is 11.3. The van der Waals surface area contributed by atoms with Crippen LogP contribution in [-0.4, -0.2) is 22.6 Å². The van der Waals surface area contributed by atoms with Crippen molar-refractivity contribution in [1.29, 1.82) is 0 Å². The SMILES string of the molecule is C=C(NCCc1ccc(F)cc1)C(N)Cc1cnc[nH]1. The Morgan fingerprint density at radius 2 is 2.15 bits per heavy atom. The van der Waals surface area contributed by atoms with Gasteiger partial charge < -0.3 is 16.0 Å². The Morgan fingerprint density at radius 1 is 1.40 bits per heavy atom. The zero-order valence-corrected chi connectivity index (χ0v) is 11.3. The van der Waals surface area contributed by atoms with Crippen molar-refractivity contribution in [2.24, 2.45) is 5.73 Å².